The zero-order chi connectivity index (χ0) is 12.4. The first-order valence-corrected chi connectivity index (χ1v) is 5.94. The number of rotatable bonds is 2. The summed E-state index contributed by atoms with van der Waals surface area (Å²) < 4.78 is 1.78. The maximum Gasteiger partial charge on any atom is 0.127 e. The standard InChI is InChI=1S/C12H19N5/c1-10-11(9-16(3)14-10)12(8-13)17-6-4-15(2)5-7-17/h9,12H,4-7H2,1-3H3. The Bertz CT molecular complexity index is 423. The van der Waals surface area contributed by atoms with Crippen LogP contribution in [0.2, 0.25) is 0 Å². The van der Waals surface area contributed by atoms with E-state index in [4.69, 9.17) is 0 Å². The van der Waals surface area contributed by atoms with Crippen LogP contribution in [0.1, 0.15) is 17.3 Å². The highest BCUT2D eigenvalue weighted by molar-refractivity contribution is 5.25. The molecule has 1 fully saturated rings. The van der Waals surface area contributed by atoms with Gasteiger partial charge in [0.15, 0.2) is 0 Å². The van der Waals surface area contributed by atoms with Crippen LogP contribution < -0.4 is 0 Å². The van der Waals surface area contributed by atoms with Gasteiger partial charge in [-0.1, -0.05) is 0 Å². The Hall–Kier alpha value is -1.38. The summed E-state index contributed by atoms with van der Waals surface area (Å²) in [5.41, 5.74) is 2.00. The zero-order valence-electron chi connectivity index (χ0n) is 10.7. The largest absolute Gasteiger partial charge is 0.304 e. The summed E-state index contributed by atoms with van der Waals surface area (Å²) in [7, 11) is 4.02. The van der Waals surface area contributed by atoms with E-state index in [1.807, 2.05) is 20.2 Å². The average Bonchev–Trinajstić information content (AvgIpc) is 2.62. The number of aromatic nitrogens is 2. The molecule has 5 heteroatoms. The van der Waals surface area contributed by atoms with Crippen molar-refractivity contribution >= 4 is 0 Å². The second-order valence-corrected chi connectivity index (χ2v) is 4.71. The second-order valence-electron chi connectivity index (χ2n) is 4.71. The van der Waals surface area contributed by atoms with E-state index >= 15 is 0 Å². The minimum atomic E-state index is -0.155. The Labute approximate surface area is 102 Å². The Balaban J connectivity index is 2.17. The molecule has 0 radical (unpaired) electrons. The summed E-state index contributed by atoms with van der Waals surface area (Å²) >= 11 is 0. The molecule has 1 aromatic rings. The fraction of sp³-hybridized carbons (Fsp3) is 0.667. The van der Waals surface area contributed by atoms with Crippen molar-refractivity contribution in [2.24, 2.45) is 7.05 Å². The molecule has 0 amide bonds. The summed E-state index contributed by atoms with van der Waals surface area (Å²) in [6.07, 6.45) is 1.96. The minimum Gasteiger partial charge on any atom is -0.304 e. The smallest absolute Gasteiger partial charge is 0.127 e. The zero-order valence-corrected chi connectivity index (χ0v) is 10.7. The highest BCUT2D eigenvalue weighted by Gasteiger charge is 2.26. The van der Waals surface area contributed by atoms with Crippen LogP contribution in [-0.4, -0.2) is 52.8 Å². The lowest BCUT2D eigenvalue weighted by atomic mass is 10.1. The van der Waals surface area contributed by atoms with Gasteiger partial charge in [-0.3, -0.25) is 9.58 Å². The SMILES string of the molecule is Cc1nn(C)cc1C(C#N)N1CCN(C)CC1. The van der Waals surface area contributed by atoms with E-state index in [2.05, 4.69) is 28.0 Å². The van der Waals surface area contributed by atoms with Crippen LogP contribution in [0.15, 0.2) is 6.20 Å². The third kappa shape index (κ3) is 2.48. The molecule has 2 heterocycles. The Morgan fingerprint density at radius 2 is 1.94 bits per heavy atom. The van der Waals surface area contributed by atoms with Crippen LogP contribution in [0, 0.1) is 18.3 Å². The monoisotopic (exact) mass is 233 g/mol. The molecule has 0 bridgehead atoms. The van der Waals surface area contributed by atoms with Gasteiger partial charge in [-0.05, 0) is 14.0 Å². The third-order valence-corrected chi connectivity index (χ3v) is 3.37. The lowest BCUT2D eigenvalue weighted by Crippen LogP contribution is -2.45. The molecule has 1 aliphatic rings. The quantitative estimate of drug-likeness (QED) is 0.748. The highest BCUT2D eigenvalue weighted by Crippen LogP contribution is 2.23. The molecule has 0 aliphatic carbocycles. The van der Waals surface area contributed by atoms with Crippen molar-refractivity contribution in [3.05, 3.63) is 17.5 Å². The molecule has 1 aromatic heterocycles. The van der Waals surface area contributed by atoms with Crippen LogP contribution in [0.4, 0.5) is 0 Å². The van der Waals surface area contributed by atoms with Gasteiger partial charge in [-0.2, -0.15) is 10.4 Å². The maximum atomic E-state index is 9.39. The van der Waals surface area contributed by atoms with E-state index in [9.17, 15) is 5.26 Å². The Morgan fingerprint density at radius 1 is 1.29 bits per heavy atom. The molecule has 1 unspecified atom stereocenters. The predicted octanol–water partition coefficient (Wildman–Crippen LogP) is 0.541. The first-order chi connectivity index (χ1) is 8.11. The molecule has 1 atom stereocenters. The van der Waals surface area contributed by atoms with Gasteiger partial charge in [0.25, 0.3) is 0 Å². The molecule has 2 rings (SSSR count). The van der Waals surface area contributed by atoms with E-state index in [1.165, 1.54) is 0 Å². The Morgan fingerprint density at radius 3 is 2.41 bits per heavy atom. The molecule has 5 nitrogen and oxygen atoms in total. The second kappa shape index (κ2) is 4.86. The predicted molar refractivity (Wildman–Crippen MR) is 65.4 cm³/mol. The fourth-order valence-corrected chi connectivity index (χ4v) is 2.31. The van der Waals surface area contributed by atoms with E-state index < -0.39 is 0 Å². The van der Waals surface area contributed by atoms with Gasteiger partial charge in [0.05, 0.1) is 11.8 Å². The molecular weight excluding hydrogens is 214 g/mol. The van der Waals surface area contributed by atoms with Crippen LogP contribution in [-0.2, 0) is 7.05 Å². The van der Waals surface area contributed by atoms with E-state index in [0.29, 0.717) is 0 Å². The third-order valence-electron chi connectivity index (χ3n) is 3.37. The van der Waals surface area contributed by atoms with Gasteiger partial charge >= 0.3 is 0 Å². The number of hydrogen-bond acceptors (Lipinski definition) is 4. The molecule has 17 heavy (non-hydrogen) atoms. The van der Waals surface area contributed by atoms with Gasteiger partial charge in [0, 0.05) is 45.0 Å². The van der Waals surface area contributed by atoms with Crippen molar-refractivity contribution in [2.75, 3.05) is 33.2 Å². The van der Waals surface area contributed by atoms with Crippen molar-refractivity contribution < 1.29 is 0 Å². The molecule has 92 valence electrons. The number of nitrogens with zero attached hydrogens (tertiary/aromatic N) is 5. The van der Waals surface area contributed by atoms with Crippen LogP contribution >= 0.6 is 0 Å². The normalized spacial score (nSPS) is 20.1. The van der Waals surface area contributed by atoms with Gasteiger partial charge in [-0.15, -0.1) is 0 Å². The molecule has 0 saturated carbocycles. The number of likely N-dealkylation sites (N-methyl/N-ethyl adjacent to an activating group) is 1. The van der Waals surface area contributed by atoms with E-state index in [1.54, 1.807) is 4.68 Å². The van der Waals surface area contributed by atoms with Crippen LogP contribution in [0.5, 0.6) is 0 Å². The molecule has 0 N–H and O–H groups in total. The van der Waals surface area contributed by atoms with Crippen LogP contribution in [0.3, 0.4) is 0 Å². The van der Waals surface area contributed by atoms with Crippen molar-refractivity contribution in [2.45, 2.75) is 13.0 Å². The summed E-state index contributed by atoms with van der Waals surface area (Å²) in [5.74, 6) is 0. The van der Waals surface area contributed by atoms with Crippen molar-refractivity contribution in [3.63, 3.8) is 0 Å². The first-order valence-electron chi connectivity index (χ1n) is 5.94. The maximum absolute atomic E-state index is 9.39. The van der Waals surface area contributed by atoms with Gasteiger partial charge in [-0.25, -0.2) is 0 Å². The lowest BCUT2D eigenvalue weighted by molar-refractivity contribution is 0.132. The van der Waals surface area contributed by atoms with Crippen molar-refractivity contribution in [1.29, 1.82) is 5.26 Å². The van der Waals surface area contributed by atoms with Gasteiger partial charge in [0.2, 0.25) is 0 Å². The topological polar surface area (TPSA) is 48.1 Å². The fourth-order valence-electron chi connectivity index (χ4n) is 2.31. The minimum absolute atomic E-state index is 0.155. The number of nitriles is 1. The number of piperazine rings is 1. The van der Waals surface area contributed by atoms with Crippen LogP contribution in [0.25, 0.3) is 0 Å². The van der Waals surface area contributed by atoms with Gasteiger partial charge < -0.3 is 4.90 Å². The molecular formula is C12H19N5. The summed E-state index contributed by atoms with van der Waals surface area (Å²) in [5, 5.41) is 13.7. The highest BCUT2D eigenvalue weighted by atomic mass is 15.3. The van der Waals surface area contributed by atoms with Crippen molar-refractivity contribution in [1.82, 2.24) is 19.6 Å². The Kier molecular flexibility index (Phi) is 3.46. The first kappa shape index (κ1) is 12.1. The number of hydrogen-bond donors (Lipinski definition) is 0. The summed E-state index contributed by atoms with van der Waals surface area (Å²) in [6, 6.07) is 2.26. The van der Waals surface area contributed by atoms with Crippen molar-refractivity contribution in [3.8, 4) is 6.07 Å². The molecule has 0 aromatic carbocycles. The lowest BCUT2D eigenvalue weighted by Gasteiger charge is -2.34. The van der Waals surface area contributed by atoms with E-state index in [-0.39, 0.29) is 6.04 Å². The molecule has 1 saturated heterocycles. The summed E-state index contributed by atoms with van der Waals surface area (Å²) in [6.45, 7) is 5.91. The molecule has 1 aliphatic heterocycles. The van der Waals surface area contributed by atoms with Gasteiger partial charge in [0.1, 0.15) is 6.04 Å². The number of aryl methyl sites for hydroxylation is 2. The van der Waals surface area contributed by atoms with E-state index in [0.717, 1.165) is 37.4 Å². The summed E-state index contributed by atoms with van der Waals surface area (Å²) in [4.78, 5) is 4.53. The average molecular weight is 233 g/mol. The molecule has 0 spiro atoms.